The Bertz CT molecular complexity index is 1330. The highest BCUT2D eigenvalue weighted by molar-refractivity contribution is 7.10. The number of aliphatic hydroxyl groups is 1. The van der Waals surface area contributed by atoms with Gasteiger partial charge in [-0.1, -0.05) is 36.1 Å². The number of aromatic nitrogens is 1. The molecular weight excluding hydrogens is 432 g/mol. The van der Waals surface area contributed by atoms with Crippen LogP contribution < -0.4 is 10.5 Å². The molecule has 4 aromatic rings. The molecule has 1 atom stereocenters. The molecule has 0 aliphatic rings. The summed E-state index contributed by atoms with van der Waals surface area (Å²) in [5.41, 5.74) is 9.51. The predicted octanol–water partition coefficient (Wildman–Crippen LogP) is 4.83. The van der Waals surface area contributed by atoms with Crippen LogP contribution in [0.15, 0.2) is 60.1 Å². The number of carbonyl (C=O) groups is 1. The van der Waals surface area contributed by atoms with Crippen molar-refractivity contribution in [1.82, 2.24) is 4.98 Å². The number of aromatic amines is 1. The first-order valence-electron chi connectivity index (χ1n) is 10.8. The first kappa shape index (κ1) is 22.7. The van der Waals surface area contributed by atoms with Crippen LogP contribution in [-0.2, 0) is 6.42 Å². The maximum atomic E-state index is 12.4. The summed E-state index contributed by atoms with van der Waals surface area (Å²) in [7, 11) is 0. The van der Waals surface area contributed by atoms with Gasteiger partial charge in [-0.15, -0.1) is 11.3 Å². The maximum Gasteiger partial charge on any atom is 0.252 e. The lowest BCUT2D eigenvalue weighted by molar-refractivity contribution is 0.0994. The molecule has 4 rings (SSSR count). The largest absolute Gasteiger partial charge is 0.490 e. The van der Waals surface area contributed by atoms with Gasteiger partial charge in [0.25, 0.3) is 5.91 Å². The van der Waals surface area contributed by atoms with E-state index in [9.17, 15) is 9.90 Å². The second-order valence-corrected chi connectivity index (χ2v) is 9.09. The van der Waals surface area contributed by atoms with Crippen molar-refractivity contribution in [2.45, 2.75) is 32.3 Å². The van der Waals surface area contributed by atoms with Gasteiger partial charge in [0.2, 0.25) is 0 Å². The molecule has 0 bridgehead atoms. The van der Waals surface area contributed by atoms with Crippen LogP contribution >= 0.6 is 11.3 Å². The lowest BCUT2D eigenvalue weighted by Gasteiger charge is -2.23. The number of para-hydroxylation sites is 1. The standard InChI is InChI=1S/C27H26N2O3S/c1-17(2)32-26-23(20(16-30)14-19-15-29-25-8-4-3-7-22(19)25)12-18(13-24(26)27(28)31)9-10-21-6-5-11-33-21/h3-8,11-13,15,17,20,29-30H,14,16H2,1-2H3,(H2,28,31)/t20-/m0/s1. The molecule has 1 amide bonds. The molecule has 6 heteroatoms. The molecule has 0 radical (unpaired) electrons. The van der Waals surface area contributed by atoms with E-state index >= 15 is 0 Å². The molecule has 0 saturated carbocycles. The number of hydrogen-bond donors (Lipinski definition) is 3. The van der Waals surface area contributed by atoms with Crippen LogP contribution in [0.25, 0.3) is 10.9 Å². The van der Waals surface area contributed by atoms with E-state index in [2.05, 4.69) is 22.9 Å². The monoisotopic (exact) mass is 458 g/mol. The number of benzene rings is 2. The van der Waals surface area contributed by atoms with Gasteiger partial charge in [-0.2, -0.15) is 0 Å². The van der Waals surface area contributed by atoms with Crippen molar-refractivity contribution in [3.63, 3.8) is 0 Å². The molecule has 0 spiro atoms. The number of primary amides is 1. The van der Waals surface area contributed by atoms with Crippen molar-refractivity contribution in [2.24, 2.45) is 5.73 Å². The van der Waals surface area contributed by atoms with E-state index in [-0.39, 0.29) is 24.2 Å². The van der Waals surface area contributed by atoms with E-state index in [1.807, 2.05) is 61.8 Å². The van der Waals surface area contributed by atoms with E-state index in [1.165, 1.54) is 0 Å². The van der Waals surface area contributed by atoms with Crippen LogP contribution in [0.3, 0.4) is 0 Å². The quantitative estimate of drug-likeness (QED) is 0.347. The number of fused-ring (bicyclic) bond motifs is 1. The Morgan fingerprint density at radius 3 is 2.70 bits per heavy atom. The third-order valence-corrected chi connectivity index (χ3v) is 6.17. The Balaban J connectivity index is 1.82. The number of rotatable bonds is 7. The van der Waals surface area contributed by atoms with E-state index in [4.69, 9.17) is 10.5 Å². The minimum atomic E-state index is -0.588. The SMILES string of the molecule is CC(C)Oc1c(C(N)=O)cc(C#Cc2cccs2)cc1[C@H](CO)Cc1c[nH]c2ccccc12. The number of hydrogen-bond acceptors (Lipinski definition) is 4. The summed E-state index contributed by atoms with van der Waals surface area (Å²) in [6.07, 6.45) is 2.36. The van der Waals surface area contributed by atoms with Crippen LogP contribution in [0, 0.1) is 11.8 Å². The first-order chi connectivity index (χ1) is 16.0. The number of aliphatic hydroxyl groups excluding tert-OH is 1. The summed E-state index contributed by atoms with van der Waals surface area (Å²) in [5, 5.41) is 13.5. The Kier molecular flexibility index (Phi) is 6.83. The Hall–Kier alpha value is -3.53. The normalized spacial score (nSPS) is 11.9. The van der Waals surface area contributed by atoms with Crippen molar-refractivity contribution >= 4 is 28.1 Å². The fourth-order valence-corrected chi connectivity index (χ4v) is 4.47. The molecule has 0 fully saturated rings. The van der Waals surface area contributed by atoms with Gasteiger partial charge in [0.15, 0.2) is 0 Å². The fraction of sp³-hybridized carbons (Fsp3) is 0.222. The summed E-state index contributed by atoms with van der Waals surface area (Å²) < 4.78 is 6.07. The van der Waals surface area contributed by atoms with Crippen LogP contribution in [0.1, 0.15) is 51.7 Å². The minimum Gasteiger partial charge on any atom is -0.490 e. The third kappa shape index (κ3) is 5.11. The molecule has 33 heavy (non-hydrogen) atoms. The van der Waals surface area contributed by atoms with Gasteiger partial charge in [0, 0.05) is 34.1 Å². The van der Waals surface area contributed by atoms with Gasteiger partial charge in [0.1, 0.15) is 5.75 Å². The van der Waals surface area contributed by atoms with E-state index in [0.717, 1.165) is 26.9 Å². The van der Waals surface area contributed by atoms with Crippen molar-refractivity contribution in [1.29, 1.82) is 0 Å². The molecule has 0 unspecified atom stereocenters. The van der Waals surface area contributed by atoms with Crippen LogP contribution in [0.4, 0.5) is 0 Å². The van der Waals surface area contributed by atoms with Crippen LogP contribution in [0.5, 0.6) is 5.75 Å². The molecule has 0 aliphatic heterocycles. The van der Waals surface area contributed by atoms with Crippen LogP contribution in [0.2, 0.25) is 0 Å². The Morgan fingerprint density at radius 1 is 1.18 bits per heavy atom. The van der Waals surface area contributed by atoms with Gasteiger partial charge >= 0.3 is 0 Å². The summed E-state index contributed by atoms with van der Waals surface area (Å²) in [4.78, 5) is 16.6. The smallest absolute Gasteiger partial charge is 0.252 e. The second-order valence-electron chi connectivity index (χ2n) is 8.14. The number of thiophene rings is 1. The summed E-state index contributed by atoms with van der Waals surface area (Å²) in [6, 6.07) is 15.5. The van der Waals surface area contributed by atoms with Gasteiger partial charge in [0.05, 0.1) is 23.2 Å². The molecule has 5 nitrogen and oxygen atoms in total. The zero-order valence-corrected chi connectivity index (χ0v) is 19.4. The average Bonchev–Trinajstić information content (AvgIpc) is 3.46. The van der Waals surface area contributed by atoms with Crippen LogP contribution in [-0.4, -0.2) is 28.7 Å². The zero-order valence-electron chi connectivity index (χ0n) is 18.6. The Morgan fingerprint density at radius 2 is 2.00 bits per heavy atom. The molecule has 2 aromatic carbocycles. The van der Waals surface area contributed by atoms with E-state index in [0.29, 0.717) is 17.7 Å². The number of ether oxygens (including phenoxy) is 1. The van der Waals surface area contributed by atoms with E-state index < -0.39 is 5.91 Å². The van der Waals surface area contributed by atoms with Crippen molar-refractivity contribution < 1.29 is 14.6 Å². The minimum absolute atomic E-state index is 0.117. The molecule has 4 N–H and O–H groups in total. The summed E-state index contributed by atoms with van der Waals surface area (Å²) in [6.45, 7) is 3.67. The predicted molar refractivity (Wildman–Crippen MR) is 133 cm³/mol. The average molecular weight is 459 g/mol. The first-order valence-corrected chi connectivity index (χ1v) is 11.7. The third-order valence-electron chi connectivity index (χ3n) is 5.39. The number of amides is 1. The fourth-order valence-electron chi connectivity index (χ4n) is 3.90. The second kappa shape index (κ2) is 9.95. The maximum absolute atomic E-state index is 12.4. The van der Waals surface area contributed by atoms with Gasteiger partial charge in [-0.25, -0.2) is 0 Å². The highest BCUT2D eigenvalue weighted by atomic mass is 32.1. The molecule has 2 heterocycles. The van der Waals surface area contributed by atoms with Gasteiger partial charge in [-0.05, 0) is 55.5 Å². The topological polar surface area (TPSA) is 88.3 Å². The highest BCUT2D eigenvalue weighted by Crippen LogP contribution is 2.35. The molecule has 0 saturated heterocycles. The molecule has 2 aromatic heterocycles. The van der Waals surface area contributed by atoms with Gasteiger partial charge < -0.3 is 20.6 Å². The summed E-state index contributed by atoms with van der Waals surface area (Å²) in [5.74, 6) is 5.79. The van der Waals surface area contributed by atoms with Crippen molar-refractivity contribution in [3.05, 3.63) is 87.2 Å². The van der Waals surface area contributed by atoms with Gasteiger partial charge in [-0.3, -0.25) is 4.79 Å². The van der Waals surface area contributed by atoms with Crippen molar-refractivity contribution in [2.75, 3.05) is 6.61 Å². The number of carbonyl (C=O) groups excluding carboxylic acids is 1. The number of H-pyrrole nitrogens is 1. The van der Waals surface area contributed by atoms with E-state index in [1.54, 1.807) is 17.4 Å². The molecular formula is C27H26N2O3S. The molecule has 0 aliphatic carbocycles. The zero-order chi connectivity index (χ0) is 23.4. The lowest BCUT2D eigenvalue weighted by Crippen LogP contribution is -2.19. The summed E-state index contributed by atoms with van der Waals surface area (Å²) >= 11 is 1.55. The Labute approximate surface area is 197 Å². The molecule has 168 valence electrons. The highest BCUT2D eigenvalue weighted by Gasteiger charge is 2.24. The number of nitrogens with two attached hydrogens (primary N) is 1. The lowest BCUT2D eigenvalue weighted by atomic mass is 9.88. The number of nitrogens with one attached hydrogen (secondary N) is 1. The van der Waals surface area contributed by atoms with Crippen molar-refractivity contribution in [3.8, 4) is 17.6 Å².